The molecule has 8 heteroatoms. The standard InChI is InChI=1S/C29H37FO7.C2H6/c1-17(31)35-16-22(34)29-23(36-27(37-29)10-5-6-11-27)15-25(3)20-8-7-18-13-19(32)9-12-24(18,2)28(20,30)21(33)14-26(25,29)4;1-2/h9,12-13,20-21,23,33H,5-8,10-11,14-16H2,1-4H3;1-2H3/t20?,21?,23-,24?,25+,26?,28+,29-;/m1./s1. The number of aliphatic hydroxyl groups excluding tert-OH is 1. The van der Waals surface area contributed by atoms with E-state index in [4.69, 9.17) is 14.2 Å². The lowest BCUT2D eigenvalue weighted by Gasteiger charge is -2.66. The van der Waals surface area contributed by atoms with Crippen molar-refractivity contribution in [1.82, 2.24) is 0 Å². The number of fused-ring (bicyclic) bond motifs is 7. The minimum atomic E-state index is -2.04. The topological polar surface area (TPSA) is 99.1 Å². The molecule has 1 spiro atoms. The van der Waals surface area contributed by atoms with Gasteiger partial charge >= 0.3 is 5.97 Å². The maximum atomic E-state index is 17.7. The molecule has 4 saturated carbocycles. The first-order valence-corrected chi connectivity index (χ1v) is 14.6. The van der Waals surface area contributed by atoms with E-state index in [2.05, 4.69) is 0 Å². The number of carbonyl (C=O) groups is 3. The van der Waals surface area contributed by atoms with Gasteiger partial charge in [0, 0.05) is 36.5 Å². The van der Waals surface area contributed by atoms with Crippen molar-refractivity contribution in [1.29, 1.82) is 0 Å². The van der Waals surface area contributed by atoms with E-state index in [0.717, 1.165) is 12.8 Å². The molecule has 1 saturated heterocycles. The number of allylic oxidation sites excluding steroid dienone is 4. The summed E-state index contributed by atoms with van der Waals surface area (Å²) in [4.78, 5) is 37.8. The highest BCUT2D eigenvalue weighted by molar-refractivity contribution is 6.01. The largest absolute Gasteiger partial charge is 0.458 e. The maximum Gasteiger partial charge on any atom is 0.303 e. The fraction of sp³-hybridized carbons (Fsp3) is 0.774. The van der Waals surface area contributed by atoms with Crippen LogP contribution in [0.25, 0.3) is 0 Å². The molecule has 0 aromatic carbocycles. The average molecular weight is 547 g/mol. The van der Waals surface area contributed by atoms with Crippen molar-refractivity contribution in [3.63, 3.8) is 0 Å². The highest BCUT2D eigenvalue weighted by atomic mass is 19.1. The van der Waals surface area contributed by atoms with Gasteiger partial charge in [0.15, 0.2) is 29.4 Å². The van der Waals surface area contributed by atoms with Crippen LogP contribution in [0.15, 0.2) is 23.8 Å². The zero-order chi connectivity index (χ0) is 28.6. The molecule has 39 heavy (non-hydrogen) atoms. The summed E-state index contributed by atoms with van der Waals surface area (Å²) in [5.74, 6) is -2.59. The molecular formula is C31H43FO7. The van der Waals surface area contributed by atoms with Gasteiger partial charge in [-0.1, -0.05) is 39.3 Å². The molecule has 6 aliphatic rings. The number of ketones is 2. The molecule has 0 aromatic heterocycles. The molecule has 216 valence electrons. The van der Waals surface area contributed by atoms with Crippen molar-refractivity contribution < 1.29 is 38.1 Å². The van der Waals surface area contributed by atoms with Crippen LogP contribution in [0.4, 0.5) is 4.39 Å². The number of halogens is 1. The van der Waals surface area contributed by atoms with E-state index in [1.165, 1.54) is 19.1 Å². The van der Waals surface area contributed by atoms with Crippen LogP contribution >= 0.6 is 0 Å². The number of esters is 1. The number of carbonyl (C=O) groups excluding carboxylic acids is 3. The van der Waals surface area contributed by atoms with Crippen molar-refractivity contribution in [3.05, 3.63) is 23.8 Å². The first-order chi connectivity index (χ1) is 18.3. The smallest absolute Gasteiger partial charge is 0.303 e. The Labute approximate surface area is 230 Å². The molecule has 0 bridgehead atoms. The lowest BCUT2D eigenvalue weighted by molar-refractivity contribution is -0.276. The predicted molar refractivity (Wildman–Crippen MR) is 141 cm³/mol. The normalized spacial score (nSPS) is 46.8. The highest BCUT2D eigenvalue weighted by Gasteiger charge is 2.84. The number of hydrogen-bond donors (Lipinski definition) is 1. The Morgan fingerprint density at radius 3 is 2.46 bits per heavy atom. The molecule has 0 amide bonds. The zero-order valence-corrected chi connectivity index (χ0v) is 24.1. The molecule has 5 aliphatic carbocycles. The third-order valence-electron chi connectivity index (χ3n) is 11.5. The van der Waals surface area contributed by atoms with E-state index >= 15 is 4.39 Å². The molecule has 0 aromatic rings. The quantitative estimate of drug-likeness (QED) is 0.501. The lowest BCUT2D eigenvalue weighted by atomic mass is 9.40. The SMILES string of the molecule is CC.CC(=O)OCC(=O)[C@@]12OC3(CCCC3)O[C@@H]1C[C@@]1(C)C3CCC4=CC(=O)C=CC4(C)[C@@]3(F)C(O)CC12C. The van der Waals surface area contributed by atoms with Gasteiger partial charge in [0.05, 0.1) is 12.2 Å². The number of Topliss-reactive ketones (excluding diaryl/α,β-unsaturated/α-hetero) is 1. The summed E-state index contributed by atoms with van der Waals surface area (Å²) in [6.45, 7) is 10.5. The van der Waals surface area contributed by atoms with Gasteiger partial charge < -0.3 is 19.3 Å². The number of aliphatic hydroxyl groups is 1. The summed E-state index contributed by atoms with van der Waals surface area (Å²) in [6.07, 6.45) is 7.06. The first kappa shape index (κ1) is 28.6. The van der Waals surface area contributed by atoms with Crippen molar-refractivity contribution in [2.45, 2.75) is 122 Å². The lowest BCUT2D eigenvalue weighted by Crippen LogP contribution is -2.72. The van der Waals surface area contributed by atoms with Gasteiger partial charge in [-0.3, -0.25) is 14.4 Å². The second-order valence-electron chi connectivity index (χ2n) is 12.9. The Bertz CT molecular complexity index is 1140. The fourth-order valence-corrected chi connectivity index (χ4v) is 9.48. The Morgan fingerprint density at radius 2 is 1.82 bits per heavy atom. The van der Waals surface area contributed by atoms with E-state index < -0.39 is 64.0 Å². The van der Waals surface area contributed by atoms with Gasteiger partial charge in [-0.05, 0) is 63.0 Å². The summed E-state index contributed by atoms with van der Waals surface area (Å²) < 4.78 is 36.3. The van der Waals surface area contributed by atoms with Gasteiger partial charge in [-0.2, -0.15) is 0 Å². The number of hydrogen-bond acceptors (Lipinski definition) is 7. The molecule has 1 N–H and O–H groups in total. The molecular weight excluding hydrogens is 503 g/mol. The zero-order valence-electron chi connectivity index (χ0n) is 24.1. The van der Waals surface area contributed by atoms with Gasteiger partial charge in [0.2, 0.25) is 5.78 Å². The second-order valence-corrected chi connectivity index (χ2v) is 12.9. The van der Waals surface area contributed by atoms with Crippen molar-refractivity contribution in [2.75, 3.05) is 6.61 Å². The minimum Gasteiger partial charge on any atom is -0.458 e. The van der Waals surface area contributed by atoms with Gasteiger partial charge in [0.1, 0.15) is 0 Å². The predicted octanol–water partition coefficient (Wildman–Crippen LogP) is 4.94. The third-order valence-corrected chi connectivity index (χ3v) is 11.5. The van der Waals surface area contributed by atoms with E-state index in [0.29, 0.717) is 37.7 Å². The Hall–Kier alpha value is -1.90. The number of alkyl halides is 1. The molecule has 8 atom stereocenters. The van der Waals surface area contributed by atoms with Crippen LogP contribution in [-0.2, 0) is 28.6 Å². The average Bonchev–Trinajstić information content (AvgIpc) is 3.52. The van der Waals surface area contributed by atoms with Crippen molar-refractivity contribution in [3.8, 4) is 0 Å². The van der Waals surface area contributed by atoms with Gasteiger partial charge in [-0.15, -0.1) is 0 Å². The maximum absolute atomic E-state index is 17.7. The molecule has 0 radical (unpaired) electrons. The van der Waals surface area contributed by atoms with E-state index in [1.54, 1.807) is 13.0 Å². The monoisotopic (exact) mass is 546 g/mol. The van der Waals surface area contributed by atoms with Crippen LogP contribution in [0, 0.1) is 22.2 Å². The van der Waals surface area contributed by atoms with Crippen LogP contribution in [0.5, 0.6) is 0 Å². The fourth-order valence-electron chi connectivity index (χ4n) is 9.48. The minimum absolute atomic E-state index is 0.0110. The first-order valence-electron chi connectivity index (χ1n) is 14.6. The molecule has 5 fully saturated rings. The van der Waals surface area contributed by atoms with Crippen LogP contribution in [0.1, 0.15) is 92.9 Å². The summed E-state index contributed by atoms with van der Waals surface area (Å²) in [5.41, 5.74) is -5.65. The van der Waals surface area contributed by atoms with Gasteiger partial charge in [-0.25, -0.2) is 4.39 Å². The summed E-state index contributed by atoms with van der Waals surface area (Å²) in [7, 11) is 0. The third kappa shape index (κ3) is 3.40. The van der Waals surface area contributed by atoms with Crippen LogP contribution in [-0.4, -0.2) is 58.5 Å². The summed E-state index contributed by atoms with van der Waals surface area (Å²) in [6, 6.07) is 0. The van der Waals surface area contributed by atoms with E-state index in [1.807, 2.05) is 27.7 Å². The van der Waals surface area contributed by atoms with E-state index in [9.17, 15) is 19.5 Å². The molecule has 1 aliphatic heterocycles. The van der Waals surface area contributed by atoms with Crippen LogP contribution in [0.3, 0.4) is 0 Å². The molecule has 1 heterocycles. The van der Waals surface area contributed by atoms with Crippen molar-refractivity contribution in [2.24, 2.45) is 22.2 Å². The molecule has 4 unspecified atom stereocenters. The van der Waals surface area contributed by atoms with Crippen molar-refractivity contribution >= 4 is 17.5 Å². The summed E-state index contributed by atoms with van der Waals surface area (Å²) >= 11 is 0. The second kappa shape index (κ2) is 9.05. The Morgan fingerprint density at radius 1 is 1.15 bits per heavy atom. The highest BCUT2D eigenvalue weighted by Crippen LogP contribution is 2.77. The van der Waals surface area contributed by atoms with Crippen LogP contribution < -0.4 is 0 Å². The number of ether oxygens (including phenoxy) is 3. The molecule has 7 nitrogen and oxygen atoms in total. The van der Waals surface area contributed by atoms with E-state index in [-0.39, 0.29) is 18.0 Å². The Balaban J connectivity index is 0.00000151. The van der Waals surface area contributed by atoms with Gasteiger partial charge in [0.25, 0.3) is 0 Å². The molecule has 6 rings (SSSR count). The number of rotatable bonds is 3. The van der Waals surface area contributed by atoms with Crippen LogP contribution in [0.2, 0.25) is 0 Å². The summed E-state index contributed by atoms with van der Waals surface area (Å²) in [5, 5.41) is 11.7. The Kier molecular flexibility index (Phi) is 6.64.